The summed E-state index contributed by atoms with van der Waals surface area (Å²) in [7, 11) is 0. The summed E-state index contributed by atoms with van der Waals surface area (Å²) in [5.41, 5.74) is 1.21. The molecular weight excluding hydrogens is 272 g/mol. The van der Waals surface area contributed by atoms with Crippen LogP contribution < -0.4 is 4.74 Å². The van der Waals surface area contributed by atoms with Crippen molar-refractivity contribution in [2.45, 2.75) is 13.5 Å². The van der Waals surface area contributed by atoms with Crippen LogP contribution in [0.4, 0.5) is 5.69 Å². The number of aryl methyl sites for hydroxylation is 1. The molecule has 2 aromatic rings. The molecule has 0 bridgehead atoms. The summed E-state index contributed by atoms with van der Waals surface area (Å²) in [6.45, 7) is 1.50. The number of hydrogen-bond acceptors (Lipinski definition) is 5. The zero-order valence-electron chi connectivity index (χ0n) is 11.2. The summed E-state index contributed by atoms with van der Waals surface area (Å²) in [6, 6.07) is 11.2. The number of nitro groups is 1. The SMILES string of the molecule is Cc1cccc([N+](=O)[O-])c1Oc1ccc(CO)cc1C#N. The molecule has 6 heteroatoms. The number of aliphatic hydroxyl groups is 1. The molecule has 0 aliphatic rings. The molecule has 0 spiro atoms. The van der Waals surface area contributed by atoms with E-state index in [2.05, 4.69) is 0 Å². The van der Waals surface area contributed by atoms with Crippen molar-refractivity contribution in [3.63, 3.8) is 0 Å². The van der Waals surface area contributed by atoms with Gasteiger partial charge in [-0.15, -0.1) is 0 Å². The molecule has 0 saturated carbocycles. The van der Waals surface area contributed by atoms with Crippen molar-refractivity contribution in [3.05, 3.63) is 63.2 Å². The fourth-order valence-corrected chi connectivity index (χ4v) is 1.88. The molecule has 0 atom stereocenters. The van der Waals surface area contributed by atoms with Crippen LogP contribution >= 0.6 is 0 Å². The summed E-state index contributed by atoms with van der Waals surface area (Å²) < 4.78 is 5.58. The average Bonchev–Trinajstić information content (AvgIpc) is 2.49. The molecular formula is C15H12N2O4. The maximum Gasteiger partial charge on any atom is 0.311 e. The van der Waals surface area contributed by atoms with Crippen molar-refractivity contribution >= 4 is 5.69 Å². The first-order chi connectivity index (χ1) is 10.1. The molecule has 2 rings (SSSR count). The standard InChI is InChI=1S/C15H12N2O4/c1-10-3-2-4-13(17(19)20)15(10)21-14-6-5-11(9-18)7-12(14)8-16/h2-7,18H,9H2,1H3. The van der Waals surface area contributed by atoms with Gasteiger partial charge in [0.15, 0.2) is 0 Å². The average molecular weight is 284 g/mol. The van der Waals surface area contributed by atoms with Gasteiger partial charge in [0.25, 0.3) is 0 Å². The minimum atomic E-state index is -0.531. The fraction of sp³-hybridized carbons (Fsp3) is 0.133. The van der Waals surface area contributed by atoms with Crippen LogP contribution in [0.25, 0.3) is 0 Å². The van der Waals surface area contributed by atoms with E-state index in [4.69, 9.17) is 15.1 Å². The van der Waals surface area contributed by atoms with Crippen molar-refractivity contribution in [3.8, 4) is 17.6 Å². The van der Waals surface area contributed by atoms with Crippen LogP contribution in [0.1, 0.15) is 16.7 Å². The number of rotatable bonds is 4. The van der Waals surface area contributed by atoms with Crippen LogP contribution in [0.3, 0.4) is 0 Å². The fourth-order valence-electron chi connectivity index (χ4n) is 1.88. The maximum atomic E-state index is 11.0. The first kappa shape index (κ1) is 14.5. The van der Waals surface area contributed by atoms with E-state index in [1.54, 1.807) is 25.1 Å². The summed E-state index contributed by atoms with van der Waals surface area (Å²) in [5.74, 6) is 0.322. The number of nitriles is 1. The van der Waals surface area contributed by atoms with E-state index in [1.165, 1.54) is 18.2 Å². The predicted octanol–water partition coefficient (Wildman–Crippen LogP) is 3.06. The molecule has 0 amide bonds. The van der Waals surface area contributed by atoms with Gasteiger partial charge in [0.1, 0.15) is 11.8 Å². The first-order valence-electron chi connectivity index (χ1n) is 6.12. The van der Waals surface area contributed by atoms with Crippen LogP contribution in [-0.4, -0.2) is 10.0 Å². The lowest BCUT2D eigenvalue weighted by Gasteiger charge is -2.10. The van der Waals surface area contributed by atoms with Crippen molar-refractivity contribution < 1.29 is 14.8 Å². The Morgan fingerprint density at radius 1 is 1.38 bits per heavy atom. The molecule has 106 valence electrons. The number of nitro benzene ring substituents is 1. The molecule has 0 aliphatic carbocycles. The molecule has 0 fully saturated rings. The number of para-hydroxylation sites is 1. The zero-order chi connectivity index (χ0) is 15.4. The third-order valence-electron chi connectivity index (χ3n) is 2.95. The monoisotopic (exact) mass is 284 g/mol. The lowest BCUT2D eigenvalue weighted by atomic mass is 10.1. The Morgan fingerprint density at radius 2 is 2.14 bits per heavy atom. The van der Waals surface area contributed by atoms with E-state index in [-0.39, 0.29) is 29.4 Å². The maximum absolute atomic E-state index is 11.0. The third kappa shape index (κ3) is 2.99. The Kier molecular flexibility index (Phi) is 4.16. The van der Waals surface area contributed by atoms with E-state index in [0.29, 0.717) is 11.1 Å². The zero-order valence-corrected chi connectivity index (χ0v) is 11.2. The van der Waals surface area contributed by atoms with Crippen LogP contribution in [0, 0.1) is 28.4 Å². The highest BCUT2D eigenvalue weighted by atomic mass is 16.6. The highest BCUT2D eigenvalue weighted by Crippen LogP contribution is 2.35. The highest BCUT2D eigenvalue weighted by molar-refractivity contribution is 5.55. The molecule has 0 unspecified atom stereocenters. The minimum Gasteiger partial charge on any atom is -0.448 e. The molecule has 0 aromatic heterocycles. The summed E-state index contributed by atoms with van der Waals surface area (Å²) in [4.78, 5) is 10.5. The number of aliphatic hydroxyl groups excluding tert-OH is 1. The minimum absolute atomic E-state index is 0.107. The van der Waals surface area contributed by atoms with Gasteiger partial charge in [-0.25, -0.2) is 0 Å². The second kappa shape index (κ2) is 6.03. The van der Waals surface area contributed by atoms with E-state index < -0.39 is 4.92 Å². The van der Waals surface area contributed by atoms with Gasteiger partial charge in [-0.3, -0.25) is 10.1 Å². The van der Waals surface area contributed by atoms with Gasteiger partial charge in [0.05, 0.1) is 17.1 Å². The highest BCUT2D eigenvalue weighted by Gasteiger charge is 2.19. The first-order valence-corrected chi connectivity index (χ1v) is 6.12. The molecule has 0 radical (unpaired) electrons. The van der Waals surface area contributed by atoms with Gasteiger partial charge in [0.2, 0.25) is 5.75 Å². The Hall–Kier alpha value is -2.91. The molecule has 0 heterocycles. The van der Waals surface area contributed by atoms with Crippen molar-refractivity contribution in [2.75, 3.05) is 0 Å². The molecule has 0 aliphatic heterocycles. The Balaban J connectivity index is 2.48. The normalized spacial score (nSPS) is 9.95. The lowest BCUT2D eigenvalue weighted by Crippen LogP contribution is -1.97. The van der Waals surface area contributed by atoms with Gasteiger partial charge >= 0.3 is 5.69 Å². The molecule has 6 nitrogen and oxygen atoms in total. The second-order valence-corrected chi connectivity index (χ2v) is 4.38. The Bertz CT molecular complexity index is 735. The van der Waals surface area contributed by atoms with E-state index >= 15 is 0 Å². The topological polar surface area (TPSA) is 96.4 Å². The van der Waals surface area contributed by atoms with Crippen LogP contribution in [-0.2, 0) is 6.61 Å². The van der Waals surface area contributed by atoms with Crippen molar-refractivity contribution in [1.82, 2.24) is 0 Å². The lowest BCUT2D eigenvalue weighted by molar-refractivity contribution is -0.385. The predicted molar refractivity (Wildman–Crippen MR) is 75.0 cm³/mol. The summed E-state index contributed by atoms with van der Waals surface area (Å²) in [6.07, 6.45) is 0. The summed E-state index contributed by atoms with van der Waals surface area (Å²) in [5, 5.41) is 29.2. The van der Waals surface area contributed by atoms with Gasteiger partial charge in [-0.05, 0) is 30.2 Å². The smallest absolute Gasteiger partial charge is 0.311 e. The number of hydrogen-bond donors (Lipinski definition) is 1. The molecule has 0 saturated heterocycles. The Labute approximate surface area is 121 Å². The number of benzene rings is 2. The van der Waals surface area contributed by atoms with Gasteiger partial charge in [-0.2, -0.15) is 5.26 Å². The van der Waals surface area contributed by atoms with E-state index in [1.807, 2.05) is 6.07 Å². The van der Waals surface area contributed by atoms with Crippen LogP contribution in [0.5, 0.6) is 11.5 Å². The van der Waals surface area contributed by atoms with Gasteiger partial charge < -0.3 is 9.84 Å². The summed E-state index contributed by atoms with van der Waals surface area (Å²) >= 11 is 0. The van der Waals surface area contributed by atoms with Gasteiger partial charge in [0, 0.05) is 6.07 Å². The molecule has 1 N–H and O–H groups in total. The molecule has 21 heavy (non-hydrogen) atoms. The van der Waals surface area contributed by atoms with Crippen molar-refractivity contribution in [1.29, 1.82) is 5.26 Å². The third-order valence-corrected chi connectivity index (χ3v) is 2.95. The van der Waals surface area contributed by atoms with Gasteiger partial charge in [-0.1, -0.05) is 18.2 Å². The number of ether oxygens (including phenoxy) is 1. The van der Waals surface area contributed by atoms with Crippen LogP contribution in [0.2, 0.25) is 0 Å². The Morgan fingerprint density at radius 3 is 2.76 bits per heavy atom. The van der Waals surface area contributed by atoms with E-state index in [0.717, 1.165) is 0 Å². The largest absolute Gasteiger partial charge is 0.448 e. The molecule has 2 aromatic carbocycles. The quantitative estimate of drug-likeness (QED) is 0.687. The van der Waals surface area contributed by atoms with E-state index in [9.17, 15) is 10.1 Å². The number of nitrogens with zero attached hydrogens (tertiary/aromatic N) is 2. The van der Waals surface area contributed by atoms with Crippen molar-refractivity contribution in [2.24, 2.45) is 0 Å². The van der Waals surface area contributed by atoms with Crippen LogP contribution in [0.15, 0.2) is 36.4 Å². The second-order valence-electron chi connectivity index (χ2n) is 4.38.